The molecule has 6 heteroatoms. The van der Waals surface area contributed by atoms with Gasteiger partial charge in [0.05, 0.1) is 18.1 Å². The number of benzene rings is 2. The lowest BCUT2D eigenvalue weighted by Gasteiger charge is -2.28. The van der Waals surface area contributed by atoms with Crippen molar-refractivity contribution in [3.63, 3.8) is 0 Å². The monoisotopic (exact) mass is 349 g/mol. The smallest absolute Gasteiger partial charge is 0.151 e. The van der Waals surface area contributed by atoms with Crippen molar-refractivity contribution in [2.45, 2.75) is 19.0 Å². The van der Waals surface area contributed by atoms with E-state index in [1.54, 1.807) is 13.2 Å². The van der Waals surface area contributed by atoms with Crippen molar-refractivity contribution < 1.29 is 18.3 Å². The van der Waals surface area contributed by atoms with Gasteiger partial charge >= 0.3 is 0 Å². The largest absolute Gasteiger partial charge is 0.508 e. The second-order valence-corrected chi connectivity index (χ2v) is 8.53. The average Bonchev–Trinajstić information content (AvgIpc) is 2.93. The van der Waals surface area contributed by atoms with Crippen LogP contribution in [-0.4, -0.2) is 56.2 Å². The minimum absolute atomic E-state index is 0.0245. The zero-order valence-corrected chi connectivity index (χ0v) is 14.6. The molecule has 5 nitrogen and oxygen atoms in total. The minimum Gasteiger partial charge on any atom is -0.508 e. The fourth-order valence-electron chi connectivity index (χ4n) is 3.36. The Morgan fingerprint density at radius 1 is 1.25 bits per heavy atom. The number of rotatable bonds is 6. The van der Waals surface area contributed by atoms with Crippen molar-refractivity contribution in [1.29, 1.82) is 0 Å². The molecule has 0 radical (unpaired) electrons. The Morgan fingerprint density at radius 2 is 2.04 bits per heavy atom. The maximum atomic E-state index is 11.8. The van der Waals surface area contributed by atoms with E-state index in [0.29, 0.717) is 26.1 Å². The molecule has 24 heavy (non-hydrogen) atoms. The highest BCUT2D eigenvalue weighted by Crippen LogP contribution is 2.30. The highest BCUT2D eigenvalue weighted by atomic mass is 32.2. The summed E-state index contributed by atoms with van der Waals surface area (Å²) in [7, 11) is -1.32. The molecule has 0 saturated carbocycles. The number of ether oxygens (including phenoxy) is 1. The molecule has 1 heterocycles. The second kappa shape index (κ2) is 7.09. The summed E-state index contributed by atoms with van der Waals surface area (Å²) < 4.78 is 28.9. The molecule has 0 aliphatic carbocycles. The fraction of sp³-hybridized carbons (Fsp3) is 0.444. The van der Waals surface area contributed by atoms with Crippen LogP contribution < -0.4 is 0 Å². The lowest BCUT2D eigenvalue weighted by molar-refractivity contribution is 0.121. The Morgan fingerprint density at radius 3 is 2.75 bits per heavy atom. The summed E-state index contributed by atoms with van der Waals surface area (Å²) in [5.74, 6) is 0.669. The quantitative estimate of drug-likeness (QED) is 0.866. The molecule has 0 aromatic heterocycles. The number of aromatic hydroxyl groups is 1. The predicted molar refractivity (Wildman–Crippen MR) is 95.0 cm³/mol. The van der Waals surface area contributed by atoms with Gasteiger partial charge < -0.3 is 9.84 Å². The Labute approximate surface area is 142 Å². The topological polar surface area (TPSA) is 66.8 Å². The molecule has 1 fully saturated rings. The van der Waals surface area contributed by atoms with Crippen LogP contribution in [0.2, 0.25) is 0 Å². The lowest BCUT2D eigenvalue weighted by atomic mass is 10.0. The summed E-state index contributed by atoms with van der Waals surface area (Å²) in [6.45, 7) is 1.68. The van der Waals surface area contributed by atoms with Crippen LogP contribution in [0.5, 0.6) is 5.75 Å². The van der Waals surface area contributed by atoms with Gasteiger partial charge in [-0.25, -0.2) is 8.42 Å². The molecule has 130 valence electrons. The molecule has 0 unspecified atom stereocenters. The summed E-state index contributed by atoms with van der Waals surface area (Å²) in [5.41, 5.74) is 0.841. The van der Waals surface area contributed by atoms with E-state index < -0.39 is 9.84 Å². The third-order valence-electron chi connectivity index (χ3n) is 4.68. The predicted octanol–water partition coefficient (Wildman–Crippen LogP) is 2.18. The van der Waals surface area contributed by atoms with Crippen molar-refractivity contribution in [2.75, 3.05) is 31.8 Å². The lowest BCUT2D eigenvalue weighted by Crippen LogP contribution is -2.38. The number of nitrogens with zero attached hydrogens (tertiary/aromatic N) is 1. The van der Waals surface area contributed by atoms with Crippen molar-refractivity contribution in [1.82, 2.24) is 4.90 Å². The third-order valence-corrected chi connectivity index (χ3v) is 6.43. The molecule has 1 saturated heterocycles. The molecule has 1 N–H and O–H groups in total. The van der Waals surface area contributed by atoms with Crippen LogP contribution in [0.1, 0.15) is 12.0 Å². The molecular weight excluding hydrogens is 326 g/mol. The first-order valence-electron chi connectivity index (χ1n) is 8.13. The van der Waals surface area contributed by atoms with E-state index in [0.717, 1.165) is 16.3 Å². The van der Waals surface area contributed by atoms with Crippen molar-refractivity contribution in [3.05, 3.63) is 42.0 Å². The number of hydrogen-bond acceptors (Lipinski definition) is 5. The summed E-state index contributed by atoms with van der Waals surface area (Å²) in [6.07, 6.45) is 0.636. The Kier molecular flexibility index (Phi) is 5.08. The van der Waals surface area contributed by atoms with Gasteiger partial charge in [-0.3, -0.25) is 4.90 Å². The molecule has 2 aromatic rings. The first kappa shape index (κ1) is 17.2. The van der Waals surface area contributed by atoms with E-state index in [1.165, 1.54) is 0 Å². The SMILES string of the molecule is COCCN(Cc1c(O)ccc2ccccc12)[C@H]1CCS(=O)(=O)C1. The standard InChI is InChI=1S/C18H23NO4S/c1-23-10-9-19(15-8-11-24(21,22)13-15)12-17-16-5-3-2-4-14(16)6-7-18(17)20/h2-7,15,20H,8-13H2,1H3/t15-/m0/s1. The highest BCUT2D eigenvalue weighted by molar-refractivity contribution is 7.91. The van der Waals surface area contributed by atoms with Crippen LogP contribution in [0.3, 0.4) is 0 Å². The molecule has 1 aliphatic rings. The zero-order chi connectivity index (χ0) is 17.2. The number of phenols is 1. The third kappa shape index (κ3) is 3.71. The van der Waals surface area contributed by atoms with Crippen molar-refractivity contribution >= 4 is 20.6 Å². The van der Waals surface area contributed by atoms with Gasteiger partial charge in [-0.15, -0.1) is 0 Å². The summed E-state index contributed by atoms with van der Waals surface area (Å²) in [6, 6.07) is 11.5. The molecular formula is C18H23NO4S. The molecule has 1 aliphatic heterocycles. The minimum atomic E-state index is -2.96. The van der Waals surface area contributed by atoms with Crippen LogP contribution in [0, 0.1) is 0 Å². The van der Waals surface area contributed by atoms with E-state index in [4.69, 9.17) is 4.74 Å². The van der Waals surface area contributed by atoms with Gasteiger partial charge in [0.15, 0.2) is 9.84 Å². The first-order chi connectivity index (χ1) is 11.5. The van der Waals surface area contributed by atoms with Gasteiger partial charge in [-0.1, -0.05) is 30.3 Å². The van der Waals surface area contributed by atoms with E-state index in [2.05, 4.69) is 4.90 Å². The summed E-state index contributed by atoms with van der Waals surface area (Å²) in [5, 5.41) is 12.4. The molecule has 3 rings (SSSR count). The zero-order valence-electron chi connectivity index (χ0n) is 13.8. The maximum Gasteiger partial charge on any atom is 0.151 e. The maximum absolute atomic E-state index is 11.8. The average molecular weight is 349 g/mol. The van der Waals surface area contributed by atoms with E-state index in [-0.39, 0.29) is 23.3 Å². The highest BCUT2D eigenvalue weighted by Gasteiger charge is 2.32. The van der Waals surface area contributed by atoms with Crippen LogP contribution in [0.15, 0.2) is 36.4 Å². The van der Waals surface area contributed by atoms with E-state index in [9.17, 15) is 13.5 Å². The van der Waals surface area contributed by atoms with Gasteiger partial charge in [0.25, 0.3) is 0 Å². The van der Waals surface area contributed by atoms with E-state index >= 15 is 0 Å². The van der Waals surface area contributed by atoms with Crippen molar-refractivity contribution in [3.8, 4) is 5.75 Å². The van der Waals surface area contributed by atoms with Crippen LogP contribution >= 0.6 is 0 Å². The van der Waals surface area contributed by atoms with Gasteiger partial charge in [-0.2, -0.15) is 0 Å². The summed E-state index contributed by atoms with van der Waals surface area (Å²) in [4.78, 5) is 2.12. The second-order valence-electron chi connectivity index (χ2n) is 6.30. The van der Waals surface area contributed by atoms with Crippen molar-refractivity contribution in [2.24, 2.45) is 0 Å². The normalized spacial score (nSPS) is 20.0. The Balaban J connectivity index is 1.91. The van der Waals surface area contributed by atoms with Gasteiger partial charge in [0.2, 0.25) is 0 Å². The molecule has 0 bridgehead atoms. The number of hydrogen-bond donors (Lipinski definition) is 1. The number of sulfone groups is 1. The van der Waals surface area contributed by atoms with Crippen LogP contribution in [0.25, 0.3) is 10.8 Å². The number of fused-ring (bicyclic) bond motifs is 1. The molecule has 0 amide bonds. The fourth-order valence-corrected chi connectivity index (χ4v) is 5.12. The molecule has 0 spiro atoms. The Hall–Kier alpha value is -1.63. The van der Waals surface area contributed by atoms with Gasteiger partial charge in [-0.05, 0) is 23.3 Å². The summed E-state index contributed by atoms with van der Waals surface area (Å²) >= 11 is 0. The van der Waals surface area contributed by atoms with Crippen LogP contribution in [0.4, 0.5) is 0 Å². The number of phenolic OH excluding ortho intramolecular Hbond substituents is 1. The van der Waals surface area contributed by atoms with Gasteiger partial charge in [0.1, 0.15) is 5.75 Å². The van der Waals surface area contributed by atoms with Crippen LogP contribution in [-0.2, 0) is 21.1 Å². The number of methoxy groups -OCH3 is 1. The van der Waals surface area contributed by atoms with Gasteiger partial charge in [0, 0.05) is 31.8 Å². The molecule has 1 atom stereocenters. The van der Waals surface area contributed by atoms with E-state index in [1.807, 2.05) is 30.3 Å². The molecule has 2 aromatic carbocycles. The first-order valence-corrected chi connectivity index (χ1v) is 9.95. The Bertz CT molecular complexity index is 819.